The summed E-state index contributed by atoms with van der Waals surface area (Å²) in [5, 5.41) is 9.22. The fourth-order valence-corrected chi connectivity index (χ4v) is 2.38. The maximum Gasteiger partial charge on any atom is 0.0499 e. The molecule has 2 nitrogen and oxygen atoms in total. The molecule has 0 unspecified atom stereocenters. The Labute approximate surface area is 80.9 Å². The summed E-state index contributed by atoms with van der Waals surface area (Å²) < 4.78 is 0. The summed E-state index contributed by atoms with van der Waals surface area (Å²) in [6, 6.07) is 0. The largest absolute Gasteiger partial charge is 0.396 e. The third-order valence-electron chi connectivity index (χ3n) is 3.61. The highest BCUT2D eigenvalue weighted by Gasteiger charge is 2.44. The van der Waals surface area contributed by atoms with Gasteiger partial charge in [0, 0.05) is 25.1 Å². The van der Waals surface area contributed by atoms with Gasteiger partial charge in [-0.25, -0.2) is 0 Å². The maximum atomic E-state index is 9.22. The summed E-state index contributed by atoms with van der Waals surface area (Å²) in [5.74, 6) is 0. The fraction of sp³-hybridized carbons (Fsp3) is 1.00. The van der Waals surface area contributed by atoms with E-state index in [4.69, 9.17) is 0 Å². The van der Waals surface area contributed by atoms with Crippen molar-refractivity contribution in [1.82, 2.24) is 4.90 Å². The summed E-state index contributed by atoms with van der Waals surface area (Å²) in [4.78, 5) is 2.53. The van der Waals surface area contributed by atoms with Crippen LogP contribution in [0.3, 0.4) is 0 Å². The van der Waals surface area contributed by atoms with E-state index in [1.54, 1.807) is 0 Å². The van der Waals surface area contributed by atoms with Crippen LogP contribution in [0.4, 0.5) is 0 Å². The highest BCUT2D eigenvalue weighted by Crippen LogP contribution is 2.46. The lowest BCUT2D eigenvalue weighted by atomic mass is 9.93. The standard InChI is InChI=1S/C11H21NO/c1-10(2)5-6-12(7-10)8-11(9-13)3-4-11/h13H,3-9H2,1-2H3. The van der Waals surface area contributed by atoms with Gasteiger partial charge in [0.1, 0.15) is 0 Å². The summed E-state index contributed by atoms with van der Waals surface area (Å²) in [5.41, 5.74) is 0.811. The smallest absolute Gasteiger partial charge is 0.0499 e. The van der Waals surface area contributed by atoms with Crippen LogP contribution in [-0.4, -0.2) is 36.2 Å². The molecule has 1 heterocycles. The molecule has 2 aliphatic rings. The molecule has 1 aliphatic heterocycles. The van der Waals surface area contributed by atoms with Crippen molar-refractivity contribution >= 4 is 0 Å². The van der Waals surface area contributed by atoms with Crippen LogP contribution in [0, 0.1) is 10.8 Å². The summed E-state index contributed by atoms with van der Waals surface area (Å²) >= 11 is 0. The Morgan fingerprint density at radius 3 is 2.31 bits per heavy atom. The Morgan fingerprint density at radius 2 is 1.92 bits per heavy atom. The van der Waals surface area contributed by atoms with Crippen molar-refractivity contribution in [1.29, 1.82) is 0 Å². The van der Waals surface area contributed by atoms with Crippen molar-refractivity contribution in [3.8, 4) is 0 Å². The molecule has 1 aliphatic carbocycles. The predicted molar refractivity (Wildman–Crippen MR) is 53.6 cm³/mol. The van der Waals surface area contributed by atoms with E-state index in [0.29, 0.717) is 17.4 Å². The lowest BCUT2D eigenvalue weighted by Crippen LogP contribution is -2.31. The predicted octanol–water partition coefficient (Wildman–Crippen LogP) is 1.49. The normalized spacial score (nSPS) is 30.7. The van der Waals surface area contributed by atoms with Gasteiger partial charge < -0.3 is 10.0 Å². The minimum Gasteiger partial charge on any atom is -0.396 e. The zero-order chi connectivity index (χ0) is 9.53. The summed E-state index contributed by atoms with van der Waals surface area (Å²) in [7, 11) is 0. The molecule has 2 fully saturated rings. The Kier molecular flexibility index (Phi) is 2.16. The van der Waals surface area contributed by atoms with Crippen LogP contribution in [0.1, 0.15) is 33.1 Å². The van der Waals surface area contributed by atoms with Crippen LogP contribution >= 0.6 is 0 Å². The van der Waals surface area contributed by atoms with Crippen molar-refractivity contribution in [2.24, 2.45) is 10.8 Å². The number of aliphatic hydroxyl groups excluding tert-OH is 1. The third-order valence-corrected chi connectivity index (χ3v) is 3.61. The van der Waals surface area contributed by atoms with Gasteiger partial charge in [-0.3, -0.25) is 0 Å². The third kappa shape index (κ3) is 2.05. The highest BCUT2D eigenvalue weighted by molar-refractivity contribution is 4.97. The van der Waals surface area contributed by atoms with Gasteiger partial charge in [-0.2, -0.15) is 0 Å². The molecule has 0 aromatic rings. The molecule has 0 aromatic carbocycles. The molecule has 0 radical (unpaired) electrons. The lowest BCUT2D eigenvalue weighted by Gasteiger charge is -2.23. The minimum atomic E-state index is 0.306. The van der Waals surface area contributed by atoms with E-state index in [9.17, 15) is 5.11 Å². The first kappa shape index (κ1) is 9.47. The topological polar surface area (TPSA) is 23.5 Å². The van der Waals surface area contributed by atoms with E-state index >= 15 is 0 Å². The van der Waals surface area contributed by atoms with Gasteiger partial charge in [-0.1, -0.05) is 13.8 Å². The zero-order valence-electron chi connectivity index (χ0n) is 8.84. The summed E-state index contributed by atoms with van der Waals surface area (Å²) in [6.45, 7) is 8.65. The first-order valence-electron chi connectivity index (χ1n) is 5.39. The molecule has 0 spiro atoms. The van der Waals surface area contributed by atoms with Crippen molar-refractivity contribution in [2.45, 2.75) is 33.1 Å². The number of nitrogens with zero attached hydrogens (tertiary/aromatic N) is 1. The molecule has 1 N–H and O–H groups in total. The van der Waals surface area contributed by atoms with Gasteiger partial charge in [0.05, 0.1) is 0 Å². The van der Waals surface area contributed by atoms with E-state index in [1.165, 1.54) is 32.4 Å². The van der Waals surface area contributed by atoms with E-state index < -0.39 is 0 Å². The SMILES string of the molecule is CC1(C)CCN(CC2(CO)CC2)C1. The molecular weight excluding hydrogens is 162 g/mol. The minimum absolute atomic E-state index is 0.306. The van der Waals surface area contributed by atoms with E-state index in [-0.39, 0.29) is 0 Å². The zero-order valence-corrected chi connectivity index (χ0v) is 8.84. The maximum absolute atomic E-state index is 9.22. The molecule has 1 saturated heterocycles. The molecule has 1 saturated carbocycles. The Morgan fingerprint density at radius 1 is 1.23 bits per heavy atom. The second kappa shape index (κ2) is 2.96. The number of aliphatic hydroxyl groups is 1. The van der Waals surface area contributed by atoms with Crippen molar-refractivity contribution < 1.29 is 5.11 Å². The van der Waals surface area contributed by atoms with Gasteiger partial charge in [-0.05, 0) is 31.2 Å². The van der Waals surface area contributed by atoms with Gasteiger partial charge in [0.15, 0.2) is 0 Å². The second-order valence-corrected chi connectivity index (χ2v) is 5.78. The molecule has 2 heteroatoms. The van der Waals surface area contributed by atoms with Crippen LogP contribution < -0.4 is 0 Å². The monoisotopic (exact) mass is 183 g/mol. The molecule has 2 rings (SSSR count). The van der Waals surface area contributed by atoms with Crippen molar-refractivity contribution in [2.75, 3.05) is 26.2 Å². The first-order valence-corrected chi connectivity index (χ1v) is 5.39. The molecule has 0 bridgehead atoms. The number of likely N-dealkylation sites (tertiary alicyclic amines) is 1. The lowest BCUT2D eigenvalue weighted by molar-refractivity contribution is 0.157. The van der Waals surface area contributed by atoms with Gasteiger partial charge in [-0.15, -0.1) is 0 Å². The Hall–Kier alpha value is -0.0800. The van der Waals surface area contributed by atoms with Gasteiger partial charge in [0.2, 0.25) is 0 Å². The molecule has 0 aromatic heterocycles. The van der Waals surface area contributed by atoms with E-state index in [1.807, 2.05) is 0 Å². The average Bonchev–Trinajstić information content (AvgIpc) is 2.74. The van der Waals surface area contributed by atoms with Crippen LogP contribution in [0.15, 0.2) is 0 Å². The average molecular weight is 183 g/mol. The molecule has 0 amide bonds. The van der Waals surface area contributed by atoms with Crippen molar-refractivity contribution in [3.63, 3.8) is 0 Å². The quantitative estimate of drug-likeness (QED) is 0.716. The number of hydrogen-bond donors (Lipinski definition) is 1. The van der Waals surface area contributed by atoms with Gasteiger partial charge >= 0.3 is 0 Å². The molecule has 13 heavy (non-hydrogen) atoms. The van der Waals surface area contributed by atoms with Crippen LogP contribution in [0.2, 0.25) is 0 Å². The summed E-state index contributed by atoms with van der Waals surface area (Å²) in [6.07, 6.45) is 3.79. The molecule has 76 valence electrons. The van der Waals surface area contributed by atoms with E-state index in [0.717, 1.165) is 6.54 Å². The molecule has 0 atom stereocenters. The van der Waals surface area contributed by atoms with Crippen LogP contribution in [0.25, 0.3) is 0 Å². The Bertz CT molecular complexity index is 196. The van der Waals surface area contributed by atoms with Crippen LogP contribution in [0.5, 0.6) is 0 Å². The Balaban J connectivity index is 1.84. The fourth-order valence-electron chi connectivity index (χ4n) is 2.38. The second-order valence-electron chi connectivity index (χ2n) is 5.78. The number of rotatable bonds is 3. The van der Waals surface area contributed by atoms with Crippen molar-refractivity contribution in [3.05, 3.63) is 0 Å². The van der Waals surface area contributed by atoms with E-state index in [2.05, 4.69) is 18.7 Å². The van der Waals surface area contributed by atoms with Crippen LogP contribution in [-0.2, 0) is 0 Å². The number of hydrogen-bond acceptors (Lipinski definition) is 2. The molecular formula is C11H21NO. The highest BCUT2D eigenvalue weighted by atomic mass is 16.3. The van der Waals surface area contributed by atoms with Gasteiger partial charge in [0.25, 0.3) is 0 Å². The first-order chi connectivity index (χ1) is 6.05.